The molecule has 0 aliphatic rings. The highest BCUT2D eigenvalue weighted by molar-refractivity contribution is 5.92. The van der Waals surface area contributed by atoms with Crippen LogP contribution in [0.4, 0.5) is 5.69 Å². The minimum Gasteiger partial charge on any atom is -0.326 e. The zero-order chi connectivity index (χ0) is 14.5. The van der Waals surface area contributed by atoms with Crippen molar-refractivity contribution >= 4 is 11.6 Å². The molecule has 0 saturated heterocycles. The summed E-state index contributed by atoms with van der Waals surface area (Å²) in [5.41, 5.74) is 4.29. The number of carbonyl (C=O) groups excluding carboxylic acids is 1. The highest BCUT2D eigenvalue weighted by Crippen LogP contribution is 2.21. The molecule has 0 aliphatic carbocycles. The van der Waals surface area contributed by atoms with E-state index in [2.05, 4.69) is 10.3 Å². The molecule has 0 radical (unpaired) electrons. The molecule has 1 atom stereocenters. The second kappa shape index (κ2) is 6.33. The van der Waals surface area contributed by atoms with E-state index in [4.69, 9.17) is 0 Å². The summed E-state index contributed by atoms with van der Waals surface area (Å²) in [6, 6.07) is 9.85. The van der Waals surface area contributed by atoms with Gasteiger partial charge in [0.05, 0.1) is 0 Å². The van der Waals surface area contributed by atoms with Gasteiger partial charge in [-0.1, -0.05) is 25.1 Å². The van der Waals surface area contributed by atoms with Gasteiger partial charge in [0.15, 0.2) is 0 Å². The van der Waals surface area contributed by atoms with Crippen LogP contribution in [0.1, 0.15) is 36.0 Å². The van der Waals surface area contributed by atoms with E-state index < -0.39 is 0 Å². The number of amides is 1. The number of carbonyl (C=O) groups is 1. The van der Waals surface area contributed by atoms with Gasteiger partial charge < -0.3 is 5.32 Å². The lowest BCUT2D eigenvalue weighted by Crippen LogP contribution is -2.15. The SMILES string of the molecule is Cc1cccc(NC(=O)CC(C)c2cccnc2)c1C. The molecule has 0 saturated carbocycles. The number of hydrogen-bond donors (Lipinski definition) is 1. The predicted molar refractivity (Wildman–Crippen MR) is 81.8 cm³/mol. The van der Waals surface area contributed by atoms with Crippen LogP contribution < -0.4 is 5.32 Å². The third-order valence-electron chi connectivity index (χ3n) is 3.62. The Kier molecular flexibility index (Phi) is 4.51. The number of aryl methyl sites for hydroxylation is 1. The fourth-order valence-electron chi connectivity index (χ4n) is 2.15. The molecule has 1 amide bonds. The van der Waals surface area contributed by atoms with Crippen LogP contribution >= 0.6 is 0 Å². The zero-order valence-corrected chi connectivity index (χ0v) is 12.2. The quantitative estimate of drug-likeness (QED) is 0.915. The van der Waals surface area contributed by atoms with Crippen LogP contribution in [0.5, 0.6) is 0 Å². The maximum absolute atomic E-state index is 12.1. The van der Waals surface area contributed by atoms with E-state index in [0.717, 1.165) is 16.8 Å². The van der Waals surface area contributed by atoms with Crippen molar-refractivity contribution in [3.63, 3.8) is 0 Å². The van der Waals surface area contributed by atoms with Crippen molar-refractivity contribution in [3.8, 4) is 0 Å². The van der Waals surface area contributed by atoms with Gasteiger partial charge in [0.25, 0.3) is 0 Å². The molecule has 2 rings (SSSR count). The van der Waals surface area contributed by atoms with Crippen molar-refractivity contribution in [2.45, 2.75) is 33.1 Å². The van der Waals surface area contributed by atoms with Crippen molar-refractivity contribution in [2.75, 3.05) is 5.32 Å². The number of hydrogen-bond acceptors (Lipinski definition) is 2. The standard InChI is InChI=1S/C17H20N2O/c1-12-6-4-8-16(14(12)3)19-17(20)10-13(2)15-7-5-9-18-11-15/h4-9,11,13H,10H2,1-3H3,(H,19,20). The van der Waals surface area contributed by atoms with Gasteiger partial charge >= 0.3 is 0 Å². The number of nitrogens with one attached hydrogen (secondary N) is 1. The normalized spacial score (nSPS) is 11.9. The van der Waals surface area contributed by atoms with E-state index >= 15 is 0 Å². The van der Waals surface area contributed by atoms with Gasteiger partial charge in [-0.2, -0.15) is 0 Å². The third-order valence-corrected chi connectivity index (χ3v) is 3.62. The Labute approximate surface area is 120 Å². The second-order valence-electron chi connectivity index (χ2n) is 5.19. The minimum atomic E-state index is 0.0371. The molecule has 3 heteroatoms. The van der Waals surface area contributed by atoms with Crippen molar-refractivity contribution in [1.29, 1.82) is 0 Å². The summed E-state index contributed by atoms with van der Waals surface area (Å²) in [6.07, 6.45) is 4.02. The number of nitrogens with zero attached hydrogens (tertiary/aromatic N) is 1. The number of rotatable bonds is 4. The summed E-state index contributed by atoms with van der Waals surface area (Å²) in [5, 5.41) is 2.99. The molecule has 1 aromatic carbocycles. The van der Waals surface area contributed by atoms with E-state index in [1.165, 1.54) is 5.56 Å². The van der Waals surface area contributed by atoms with Gasteiger partial charge in [-0.3, -0.25) is 9.78 Å². The van der Waals surface area contributed by atoms with Crippen LogP contribution in [-0.2, 0) is 4.79 Å². The number of aromatic nitrogens is 1. The van der Waals surface area contributed by atoms with Crippen molar-refractivity contribution in [3.05, 3.63) is 59.4 Å². The molecule has 0 bridgehead atoms. The van der Waals surface area contributed by atoms with Crippen molar-refractivity contribution in [1.82, 2.24) is 4.98 Å². The molecule has 0 fully saturated rings. The lowest BCUT2D eigenvalue weighted by atomic mass is 9.99. The Morgan fingerprint density at radius 1 is 1.25 bits per heavy atom. The van der Waals surface area contributed by atoms with Gasteiger partial charge in [-0.15, -0.1) is 0 Å². The number of benzene rings is 1. The highest BCUT2D eigenvalue weighted by atomic mass is 16.1. The second-order valence-corrected chi connectivity index (χ2v) is 5.19. The van der Waals surface area contributed by atoms with Gasteiger partial charge in [0.2, 0.25) is 5.91 Å². The predicted octanol–water partition coefficient (Wildman–Crippen LogP) is 3.83. The first-order chi connectivity index (χ1) is 9.58. The van der Waals surface area contributed by atoms with Crippen LogP contribution in [0.3, 0.4) is 0 Å². The van der Waals surface area contributed by atoms with Crippen LogP contribution in [0.2, 0.25) is 0 Å². The fraction of sp³-hybridized carbons (Fsp3) is 0.294. The summed E-state index contributed by atoms with van der Waals surface area (Å²) in [6.45, 7) is 6.11. The van der Waals surface area contributed by atoms with E-state index in [0.29, 0.717) is 6.42 Å². The first kappa shape index (κ1) is 14.3. The lowest BCUT2D eigenvalue weighted by molar-refractivity contribution is -0.116. The monoisotopic (exact) mass is 268 g/mol. The van der Waals surface area contributed by atoms with Crippen molar-refractivity contribution < 1.29 is 4.79 Å². The topological polar surface area (TPSA) is 42.0 Å². The molecule has 2 aromatic rings. The summed E-state index contributed by atoms with van der Waals surface area (Å²) < 4.78 is 0. The Bertz CT molecular complexity index is 593. The van der Waals surface area contributed by atoms with Gasteiger partial charge in [0.1, 0.15) is 0 Å². The fourth-order valence-corrected chi connectivity index (χ4v) is 2.15. The average Bonchev–Trinajstić information content (AvgIpc) is 2.45. The zero-order valence-electron chi connectivity index (χ0n) is 12.2. The Morgan fingerprint density at radius 3 is 2.75 bits per heavy atom. The smallest absolute Gasteiger partial charge is 0.224 e. The molecular weight excluding hydrogens is 248 g/mol. The summed E-state index contributed by atoms with van der Waals surface area (Å²) in [7, 11) is 0. The van der Waals surface area contributed by atoms with Crippen molar-refractivity contribution in [2.24, 2.45) is 0 Å². The summed E-state index contributed by atoms with van der Waals surface area (Å²) in [4.78, 5) is 16.2. The van der Waals surface area contributed by atoms with E-state index in [9.17, 15) is 4.79 Å². The molecule has 20 heavy (non-hydrogen) atoms. The molecule has 3 nitrogen and oxygen atoms in total. The Hall–Kier alpha value is -2.16. The van der Waals surface area contributed by atoms with E-state index in [-0.39, 0.29) is 11.8 Å². The van der Waals surface area contributed by atoms with Crippen LogP contribution in [-0.4, -0.2) is 10.9 Å². The van der Waals surface area contributed by atoms with Crippen LogP contribution in [0.15, 0.2) is 42.7 Å². The first-order valence-corrected chi connectivity index (χ1v) is 6.84. The van der Waals surface area contributed by atoms with Crippen LogP contribution in [0.25, 0.3) is 0 Å². The molecule has 1 heterocycles. The lowest BCUT2D eigenvalue weighted by Gasteiger charge is -2.13. The molecule has 1 aromatic heterocycles. The van der Waals surface area contributed by atoms with E-state index in [1.54, 1.807) is 6.20 Å². The number of pyridine rings is 1. The highest BCUT2D eigenvalue weighted by Gasteiger charge is 2.12. The average molecular weight is 268 g/mol. The van der Waals surface area contributed by atoms with Gasteiger partial charge in [-0.05, 0) is 48.6 Å². The molecule has 1 unspecified atom stereocenters. The molecular formula is C17H20N2O. The van der Waals surface area contributed by atoms with Gasteiger partial charge in [-0.25, -0.2) is 0 Å². The van der Waals surface area contributed by atoms with Gasteiger partial charge in [0, 0.05) is 24.5 Å². The van der Waals surface area contributed by atoms with Crippen LogP contribution in [0, 0.1) is 13.8 Å². The molecule has 0 aliphatic heterocycles. The maximum atomic E-state index is 12.1. The molecule has 1 N–H and O–H groups in total. The number of anilines is 1. The molecule has 104 valence electrons. The third kappa shape index (κ3) is 3.44. The Balaban J connectivity index is 2.01. The first-order valence-electron chi connectivity index (χ1n) is 6.84. The summed E-state index contributed by atoms with van der Waals surface area (Å²) in [5.74, 6) is 0.198. The maximum Gasteiger partial charge on any atom is 0.224 e. The largest absolute Gasteiger partial charge is 0.326 e. The Morgan fingerprint density at radius 2 is 2.05 bits per heavy atom. The minimum absolute atomic E-state index is 0.0371. The molecule has 0 spiro atoms. The van der Waals surface area contributed by atoms with E-state index in [1.807, 2.05) is 57.3 Å². The summed E-state index contributed by atoms with van der Waals surface area (Å²) >= 11 is 0.